The van der Waals surface area contributed by atoms with Crippen molar-refractivity contribution in [3.8, 4) is 0 Å². The molecule has 2 atom stereocenters. The summed E-state index contributed by atoms with van der Waals surface area (Å²) in [5.74, 6) is 0. The monoisotopic (exact) mass is 297 g/mol. The normalized spacial score (nSPS) is 20.1. The van der Waals surface area contributed by atoms with E-state index in [1.807, 2.05) is 18.5 Å². The van der Waals surface area contributed by atoms with Crippen molar-refractivity contribution in [1.82, 2.24) is 15.1 Å². The number of nitrogens with zero attached hydrogens (tertiary/aromatic N) is 2. The smallest absolute Gasteiger partial charge is 0.0831 e. The molecule has 1 aromatic rings. The third kappa shape index (κ3) is 4.51. The van der Waals surface area contributed by atoms with Crippen molar-refractivity contribution in [2.24, 2.45) is 0 Å². The fourth-order valence-corrected chi connectivity index (χ4v) is 2.56. The van der Waals surface area contributed by atoms with Gasteiger partial charge >= 0.3 is 0 Å². The molecule has 2 heterocycles. The SMILES string of the molecule is Cc1nn(CCO)c(C)c1CNC(C)COC1CCOC1. The fraction of sp³-hybridized carbons (Fsp3) is 0.800. The minimum atomic E-state index is 0.114. The van der Waals surface area contributed by atoms with E-state index in [-0.39, 0.29) is 18.8 Å². The summed E-state index contributed by atoms with van der Waals surface area (Å²) in [6, 6.07) is 0.283. The van der Waals surface area contributed by atoms with Crippen LogP contribution >= 0.6 is 0 Å². The summed E-state index contributed by atoms with van der Waals surface area (Å²) < 4.78 is 13.0. The van der Waals surface area contributed by atoms with Gasteiger partial charge in [0.2, 0.25) is 0 Å². The maximum Gasteiger partial charge on any atom is 0.0831 e. The molecule has 1 saturated heterocycles. The van der Waals surface area contributed by atoms with Crippen LogP contribution in [0.5, 0.6) is 0 Å². The van der Waals surface area contributed by atoms with Crippen molar-refractivity contribution >= 4 is 0 Å². The molecule has 0 aliphatic carbocycles. The molecule has 6 heteroatoms. The molecule has 1 aliphatic rings. The highest BCUT2D eigenvalue weighted by Gasteiger charge is 2.17. The van der Waals surface area contributed by atoms with E-state index in [1.165, 1.54) is 5.56 Å². The zero-order valence-corrected chi connectivity index (χ0v) is 13.3. The Hall–Kier alpha value is -0.950. The predicted octanol–water partition coefficient (Wildman–Crippen LogP) is 0.776. The van der Waals surface area contributed by atoms with Crippen LogP contribution in [0.4, 0.5) is 0 Å². The predicted molar refractivity (Wildman–Crippen MR) is 80.3 cm³/mol. The van der Waals surface area contributed by atoms with E-state index < -0.39 is 0 Å². The van der Waals surface area contributed by atoms with E-state index in [9.17, 15) is 0 Å². The molecule has 1 fully saturated rings. The Kier molecular flexibility index (Phi) is 6.17. The average molecular weight is 297 g/mol. The quantitative estimate of drug-likeness (QED) is 0.742. The maximum atomic E-state index is 9.03. The fourth-order valence-electron chi connectivity index (χ4n) is 2.56. The van der Waals surface area contributed by atoms with E-state index >= 15 is 0 Å². The van der Waals surface area contributed by atoms with Crippen molar-refractivity contribution in [3.05, 3.63) is 17.0 Å². The highest BCUT2D eigenvalue weighted by atomic mass is 16.5. The van der Waals surface area contributed by atoms with Crippen molar-refractivity contribution in [1.29, 1.82) is 0 Å². The van der Waals surface area contributed by atoms with Gasteiger partial charge in [-0.15, -0.1) is 0 Å². The van der Waals surface area contributed by atoms with Gasteiger partial charge in [0.1, 0.15) is 0 Å². The van der Waals surface area contributed by atoms with Gasteiger partial charge in [-0.3, -0.25) is 4.68 Å². The number of aryl methyl sites for hydroxylation is 1. The van der Waals surface area contributed by atoms with Gasteiger partial charge in [0.15, 0.2) is 0 Å². The third-order valence-corrected chi connectivity index (χ3v) is 3.94. The van der Waals surface area contributed by atoms with Gasteiger partial charge < -0.3 is 19.9 Å². The van der Waals surface area contributed by atoms with Crippen LogP contribution in [0.1, 0.15) is 30.3 Å². The molecule has 21 heavy (non-hydrogen) atoms. The number of ether oxygens (including phenoxy) is 2. The first-order chi connectivity index (χ1) is 10.1. The first-order valence-electron chi connectivity index (χ1n) is 7.68. The van der Waals surface area contributed by atoms with E-state index in [0.717, 1.165) is 37.6 Å². The number of aliphatic hydroxyl groups excluding tert-OH is 1. The molecule has 2 N–H and O–H groups in total. The highest BCUT2D eigenvalue weighted by Crippen LogP contribution is 2.13. The average Bonchev–Trinajstić information content (AvgIpc) is 3.05. The Labute approximate surface area is 126 Å². The van der Waals surface area contributed by atoms with Crippen LogP contribution in [0.15, 0.2) is 0 Å². The van der Waals surface area contributed by atoms with E-state index in [2.05, 4.69) is 17.3 Å². The number of hydrogen-bond donors (Lipinski definition) is 2. The molecule has 1 aliphatic heterocycles. The molecule has 0 radical (unpaired) electrons. The zero-order valence-electron chi connectivity index (χ0n) is 13.3. The zero-order chi connectivity index (χ0) is 15.2. The van der Waals surface area contributed by atoms with Crippen molar-refractivity contribution in [2.75, 3.05) is 26.4 Å². The maximum absolute atomic E-state index is 9.03. The number of nitrogens with one attached hydrogen (secondary N) is 1. The largest absolute Gasteiger partial charge is 0.394 e. The van der Waals surface area contributed by atoms with Gasteiger partial charge in [-0.05, 0) is 27.2 Å². The molecule has 1 aromatic heterocycles. The molecule has 0 spiro atoms. The first kappa shape index (κ1) is 16.4. The van der Waals surface area contributed by atoms with E-state index in [1.54, 1.807) is 0 Å². The summed E-state index contributed by atoms with van der Waals surface area (Å²) in [5, 5.41) is 17.0. The molecular formula is C15H27N3O3. The minimum Gasteiger partial charge on any atom is -0.394 e. The van der Waals surface area contributed by atoms with Crippen LogP contribution in [0.25, 0.3) is 0 Å². The van der Waals surface area contributed by atoms with Crippen molar-refractivity contribution in [2.45, 2.75) is 52.4 Å². The molecule has 0 aromatic carbocycles. The molecule has 6 nitrogen and oxygen atoms in total. The Morgan fingerprint density at radius 2 is 2.33 bits per heavy atom. The molecule has 2 rings (SSSR count). The lowest BCUT2D eigenvalue weighted by molar-refractivity contribution is 0.0322. The summed E-state index contributed by atoms with van der Waals surface area (Å²) in [7, 11) is 0. The number of aromatic nitrogens is 2. The lowest BCUT2D eigenvalue weighted by atomic mass is 10.2. The lowest BCUT2D eigenvalue weighted by Gasteiger charge is -2.17. The summed E-state index contributed by atoms with van der Waals surface area (Å²) in [4.78, 5) is 0. The molecule has 0 saturated carbocycles. The van der Waals surface area contributed by atoms with Gasteiger partial charge in [0, 0.05) is 30.5 Å². The molecule has 120 valence electrons. The highest BCUT2D eigenvalue weighted by molar-refractivity contribution is 5.24. The number of hydrogen-bond acceptors (Lipinski definition) is 5. The third-order valence-electron chi connectivity index (χ3n) is 3.94. The topological polar surface area (TPSA) is 68.5 Å². The van der Waals surface area contributed by atoms with E-state index in [4.69, 9.17) is 14.6 Å². The second-order valence-electron chi connectivity index (χ2n) is 5.70. The van der Waals surface area contributed by atoms with Crippen LogP contribution in [-0.4, -0.2) is 53.5 Å². The molecular weight excluding hydrogens is 270 g/mol. The van der Waals surface area contributed by atoms with Crippen LogP contribution in [0.3, 0.4) is 0 Å². The number of aliphatic hydroxyl groups is 1. The van der Waals surface area contributed by atoms with E-state index in [0.29, 0.717) is 13.2 Å². The Bertz CT molecular complexity index is 442. The Morgan fingerprint density at radius 1 is 1.52 bits per heavy atom. The summed E-state index contributed by atoms with van der Waals surface area (Å²) in [6.45, 7) is 9.84. The Morgan fingerprint density at radius 3 is 3.00 bits per heavy atom. The van der Waals surface area contributed by atoms with Crippen LogP contribution in [0, 0.1) is 13.8 Å². The minimum absolute atomic E-state index is 0.114. The van der Waals surface area contributed by atoms with Crippen molar-refractivity contribution in [3.63, 3.8) is 0 Å². The first-order valence-corrected chi connectivity index (χ1v) is 7.68. The summed E-state index contributed by atoms with van der Waals surface area (Å²) >= 11 is 0. The van der Waals surface area contributed by atoms with Crippen LogP contribution in [0.2, 0.25) is 0 Å². The number of rotatable bonds is 8. The van der Waals surface area contributed by atoms with Gasteiger partial charge in [-0.2, -0.15) is 5.10 Å². The van der Waals surface area contributed by atoms with Crippen molar-refractivity contribution < 1.29 is 14.6 Å². The lowest BCUT2D eigenvalue weighted by Crippen LogP contribution is -2.32. The molecule has 2 unspecified atom stereocenters. The van der Waals surface area contributed by atoms with Gasteiger partial charge in [0.05, 0.1) is 38.2 Å². The Balaban J connectivity index is 1.78. The second-order valence-corrected chi connectivity index (χ2v) is 5.70. The molecule has 0 bridgehead atoms. The van der Waals surface area contributed by atoms with Crippen LogP contribution < -0.4 is 5.32 Å². The second kappa shape index (κ2) is 7.89. The van der Waals surface area contributed by atoms with Gasteiger partial charge in [-0.25, -0.2) is 0 Å². The summed E-state index contributed by atoms with van der Waals surface area (Å²) in [5.41, 5.74) is 3.34. The van der Waals surface area contributed by atoms with Gasteiger partial charge in [0.25, 0.3) is 0 Å². The van der Waals surface area contributed by atoms with Gasteiger partial charge in [-0.1, -0.05) is 0 Å². The molecule has 0 amide bonds. The van der Waals surface area contributed by atoms with Crippen LogP contribution in [-0.2, 0) is 22.6 Å². The summed E-state index contributed by atoms with van der Waals surface area (Å²) in [6.07, 6.45) is 1.25. The standard InChI is InChI=1S/C15H27N3O3/c1-11(9-21-14-4-7-20-10-14)16-8-15-12(2)17-18(5-6-19)13(15)3/h11,14,16,19H,4-10H2,1-3H3.